The van der Waals surface area contributed by atoms with Crippen molar-refractivity contribution in [3.8, 4) is 0 Å². The van der Waals surface area contributed by atoms with Gasteiger partial charge in [-0.05, 0) is 133 Å². The number of rotatable bonds is 12. The smallest absolute Gasteiger partial charge is 0.0361 e. The summed E-state index contributed by atoms with van der Waals surface area (Å²) in [6, 6.07) is 28.5. The van der Waals surface area contributed by atoms with E-state index in [2.05, 4.69) is 98.8 Å². The molecular weight excluding hydrogens is 537 g/mol. The zero-order chi connectivity index (χ0) is 29.2. The van der Waals surface area contributed by atoms with Crippen LogP contribution in [-0.4, -0.2) is 0 Å². The summed E-state index contributed by atoms with van der Waals surface area (Å²) < 4.78 is 2.87. The van der Waals surface area contributed by atoms with E-state index >= 15 is 0 Å². The van der Waals surface area contributed by atoms with Gasteiger partial charge in [0.1, 0.15) is 0 Å². The minimum Gasteiger partial charge on any atom is -0.135 e. The van der Waals surface area contributed by atoms with E-state index in [0.717, 1.165) is 38.5 Å². The van der Waals surface area contributed by atoms with E-state index in [1.165, 1.54) is 103 Å². The average Bonchev–Trinajstić information content (AvgIpc) is 3.72. The summed E-state index contributed by atoms with van der Waals surface area (Å²) in [4.78, 5) is 0. The number of allylic oxidation sites excluding steroid dienone is 2. The Labute approximate surface area is 262 Å². The lowest BCUT2D eigenvalue weighted by atomic mass is 9.99. The third-order valence-electron chi connectivity index (χ3n) is 9.64. The molecule has 1 aromatic heterocycles. The van der Waals surface area contributed by atoms with Gasteiger partial charge in [-0.3, -0.25) is 0 Å². The van der Waals surface area contributed by atoms with Crippen LogP contribution in [0.3, 0.4) is 0 Å². The second-order valence-electron chi connectivity index (χ2n) is 13.0. The zero-order valence-electron chi connectivity index (χ0n) is 26.0. The summed E-state index contributed by atoms with van der Waals surface area (Å²) in [6.45, 7) is 4.55. The molecule has 218 valence electrons. The Morgan fingerprint density at radius 3 is 1.40 bits per heavy atom. The van der Waals surface area contributed by atoms with Crippen LogP contribution in [0.1, 0.15) is 96.9 Å². The quantitative estimate of drug-likeness (QED) is 0.138. The lowest BCUT2D eigenvalue weighted by molar-refractivity contribution is 0.793. The molecule has 0 aliphatic heterocycles. The van der Waals surface area contributed by atoms with E-state index in [4.69, 9.17) is 0 Å². The van der Waals surface area contributed by atoms with Gasteiger partial charge < -0.3 is 0 Å². The molecule has 0 atom stereocenters. The number of hydrogen-bond donors (Lipinski definition) is 0. The van der Waals surface area contributed by atoms with Gasteiger partial charge in [0, 0.05) is 20.2 Å². The number of thiophene rings is 1. The van der Waals surface area contributed by atoms with E-state index in [-0.39, 0.29) is 0 Å². The van der Waals surface area contributed by atoms with E-state index < -0.39 is 0 Å². The lowest BCUT2D eigenvalue weighted by Gasteiger charge is -2.06. The third kappa shape index (κ3) is 6.29. The molecule has 0 amide bonds. The van der Waals surface area contributed by atoms with Crippen molar-refractivity contribution in [2.24, 2.45) is 0 Å². The molecule has 43 heavy (non-hydrogen) atoms. The van der Waals surface area contributed by atoms with Crippen molar-refractivity contribution in [2.75, 3.05) is 0 Å². The van der Waals surface area contributed by atoms with Crippen molar-refractivity contribution in [2.45, 2.75) is 90.9 Å². The minimum atomic E-state index is 1.11. The highest BCUT2D eigenvalue weighted by molar-refractivity contribution is 7.25. The van der Waals surface area contributed by atoms with Gasteiger partial charge in [-0.15, -0.1) is 11.3 Å². The fraction of sp³-hybridized carbons (Fsp3) is 0.333. The van der Waals surface area contributed by atoms with Gasteiger partial charge in [0.2, 0.25) is 0 Å². The molecule has 0 N–H and O–H groups in total. The number of hydrogen-bond acceptors (Lipinski definition) is 1. The molecule has 0 bridgehead atoms. The highest BCUT2D eigenvalue weighted by Crippen LogP contribution is 2.42. The summed E-state index contributed by atoms with van der Waals surface area (Å²) in [5, 5.41) is 2.91. The van der Waals surface area contributed by atoms with Crippen molar-refractivity contribution in [1.82, 2.24) is 0 Å². The van der Waals surface area contributed by atoms with Gasteiger partial charge in [0.05, 0.1) is 0 Å². The summed E-state index contributed by atoms with van der Waals surface area (Å²) in [5.41, 5.74) is 15.0. The molecule has 4 aromatic carbocycles. The first-order chi connectivity index (χ1) is 21.1. The van der Waals surface area contributed by atoms with Crippen LogP contribution >= 0.6 is 11.3 Å². The van der Waals surface area contributed by atoms with Gasteiger partial charge in [-0.2, -0.15) is 0 Å². The maximum absolute atomic E-state index is 2.51. The largest absolute Gasteiger partial charge is 0.135 e. The Bertz CT molecular complexity index is 1710. The summed E-state index contributed by atoms with van der Waals surface area (Å²) >= 11 is 1.97. The fourth-order valence-electron chi connectivity index (χ4n) is 7.17. The Kier molecular flexibility index (Phi) is 8.35. The van der Waals surface area contributed by atoms with Crippen LogP contribution in [0, 0.1) is 0 Å². The van der Waals surface area contributed by atoms with Crippen LogP contribution in [0.25, 0.3) is 32.3 Å². The number of fused-ring (bicyclic) bond motifs is 5. The highest BCUT2D eigenvalue weighted by atomic mass is 32.1. The van der Waals surface area contributed by atoms with Crippen LogP contribution in [-0.2, 0) is 38.5 Å². The van der Waals surface area contributed by atoms with Crippen molar-refractivity contribution in [1.29, 1.82) is 0 Å². The van der Waals surface area contributed by atoms with Crippen LogP contribution in [0.4, 0.5) is 0 Å². The van der Waals surface area contributed by atoms with Gasteiger partial charge in [0.15, 0.2) is 0 Å². The Morgan fingerprint density at radius 2 is 0.953 bits per heavy atom. The van der Waals surface area contributed by atoms with E-state index in [9.17, 15) is 0 Å². The molecule has 7 rings (SSSR count). The maximum atomic E-state index is 2.51. The molecule has 1 heteroatoms. The summed E-state index contributed by atoms with van der Waals surface area (Å²) in [7, 11) is 0. The molecule has 0 nitrogen and oxygen atoms in total. The van der Waals surface area contributed by atoms with Crippen LogP contribution in [0.2, 0.25) is 0 Å². The maximum Gasteiger partial charge on any atom is 0.0361 e. The second kappa shape index (κ2) is 12.7. The molecule has 0 saturated carbocycles. The Hall–Kier alpha value is -3.42. The van der Waals surface area contributed by atoms with E-state index in [0.29, 0.717) is 0 Å². The lowest BCUT2D eigenvalue weighted by Crippen LogP contribution is -1.92. The average molecular weight is 581 g/mol. The highest BCUT2D eigenvalue weighted by Gasteiger charge is 2.19. The Morgan fingerprint density at radius 1 is 0.512 bits per heavy atom. The molecule has 2 aliphatic rings. The predicted molar refractivity (Wildman–Crippen MR) is 189 cm³/mol. The van der Waals surface area contributed by atoms with Crippen molar-refractivity contribution < 1.29 is 0 Å². The number of benzene rings is 4. The van der Waals surface area contributed by atoms with Gasteiger partial charge in [-0.1, -0.05) is 98.5 Å². The van der Waals surface area contributed by atoms with Gasteiger partial charge in [0.25, 0.3) is 0 Å². The monoisotopic (exact) mass is 580 g/mol. The molecule has 2 aliphatic carbocycles. The molecule has 5 aromatic rings. The van der Waals surface area contributed by atoms with Crippen LogP contribution in [0.15, 0.2) is 83.9 Å². The SMILES string of the molecule is CCCCc1cccc(CCC2=Cc3cc4sc5cc6c(cc5c4cc3C2)CC(CCc2cccc(CCCC)c2)=C6)c1. The van der Waals surface area contributed by atoms with Gasteiger partial charge >= 0.3 is 0 Å². The first kappa shape index (κ1) is 28.4. The van der Waals surface area contributed by atoms with Crippen LogP contribution < -0.4 is 0 Å². The van der Waals surface area contributed by atoms with Gasteiger partial charge in [-0.25, -0.2) is 0 Å². The standard InChI is InChI=1S/C42H44S/c1-3-5-9-29-11-7-13-31(19-29)15-17-33-21-35-25-39-40-26-36-22-34(18-16-32-14-8-12-30(20-32)10-6-4-2)24-38(36)28-42(40)43-41(39)27-37(35)23-33/h7-8,11-14,19-20,23-28H,3-6,9-10,15-18,21-22H2,1-2H3. The normalized spacial score (nSPS) is 13.9. The third-order valence-corrected chi connectivity index (χ3v) is 10.8. The first-order valence-electron chi connectivity index (χ1n) is 16.7. The second-order valence-corrected chi connectivity index (χ2v) is 14.1. The topological polar surface area (TPSA) is 0 Å². The minimum absolute atomic E-state index is 1.11. The molecule has 1 heterocycles. The fourth-order valence-corrected chi connectivity index (χ4v) is 8.34. The molecular formula is C42H44S. The number of aryl methyl sites for hydroxylation is 4. The van der Waals surface area contributed by atoms with Crippen molar-refractivity contribution >= 4 is 43.7 Å². The van der Waals surface area contributed by atoms with E-state index in [1.807, 2.05) is 11.3 Å². The molecule has 0 fully saturated rings. The predicted octanol–water partition coefficient (Wildman–Crippen LogP) is 11.9. The zero-order valence-corrected chi connectivity index (χ0v) is 26.8. The first-order valence-corrected chi connectivity index (χ1v) is 17.5. The summed E-state index contributed by atoms with van der Waals surface area (Å²) in [5.74, 6) is 0. The van der Waals surface area contributed by atoms with Crippen molar-refractivity contribution in [3.63, 3.8) is 0 Å². The molecule has 0 saturated heterocycles. The van der Waals surface area contributed by atoms with Crippen molar-refractivity contribution in [3.05, 3.63) is 128 Å². The summed E-state index contributed by atoms with van der Waals surface area (Å²) in [6.07, 6.45) is 19.3. The molecule has 0 spiro atoms. The molecule has 0 unspecified atom stereocenters. The molecule has 0 radical (unpaired) electrons. The Balaban J connectivity index is 1.03. The van der Waals surface area contributed by atoms with E-state index in [1.54, 1.807) is 11.1 Å². The number of unbranched alkanes of at least 4 members (excludes halogenated alkanes) is 2. The van der Waals surface area contributed by atoms with Crippen LogP contribution in [0.5, 0.6) is 0 Å².